The number of ether oxygens (including phenoxy) is 1. The summed E-state index contributed by atoms with van der Waals surface area (Å²) in [4.78, 5) is 25.2. The molecule has 0 aliphatic heterocycles. The summed E-state index contributed by atoms with van der Waals surface area (Å²) >= 11 is 0. The van der Waals surface area contributed by atoms with Gasteiger partial charge in [0.1, 0.15) is 34.2 Å². The monoisotopic (exact) mass is 507 g/mol. The molecule has 0 atom stereocenters. The van der Waals surface area contributed by atoms with Crippen molar-refractivity contribution in [1.82, 2.24) is 0 Å². The molecule has 0 spiro atoms. The van der Waals surface area contributed by atoms with E-state index in [9.17, 15) is 14.7 Å². The maximum absolute atomic E-state index is 13.4. The van der Waals surface area contributed by atoms with E-state index in [4.69, 9.17) is 4.74 Å². The van der Waals surface area contributed by atoms with Crippen LogP contribution in [0, 0.1) is 0 Å². The number of benzene rings is 4. The highest BCUT2D eigenvalue weighted by atomic mass is 31.2. The highest BCUT2D eigenvalue weighted by Gasteiger charge is 2.51. The molecular formula is C32H28O4P+. The number of esters is 1. The molecule has 1 N–H and O–H groups in total. The molecule has 0 bridgehead atoms. The van der Waals surface area contributed by atoms with Crippen molar-refractivity contribution in [2.45, 2.75) is 25.7 Å². The molecule has 0 fully saturated rings. The molecule has 37 heavy (non-hydrogen) atoms. The van der Waals surface area contributed by atoms with E-state index < -0.39 is 19.2 Å². The van der Waals surface area contributed by atoms with Gasteiger partial charge in [-0.05, 0) is 61.4 Å². The van der Waals surface area contributed by atoms with Crippen LogP contribution in [0.15, 0.2) is 126 Å². The van der Waals surface area contributed by atoms with E-state index in [1.54, 1.807) is 12.1 Å². The molecule has 0 heterocycles. The summed E-state index contributed by atoms with van der Waals surface area (Å²) < 4.78 is 6.16. The quantitative estimate of drug-likeness (QED) is 0.235. The van der Waals surface area contributed by atoms with Gasteiger partial charge in [-0.25, -0.2) is 9.59 Å². The average Bonchev–Trinajstić information content (AvgIpc) is 2.96. The third-order valence-electron chi connectivity index (χ3n) is 6.82. The van der Waals surface area contributed by atoms with Gasteiger partial charge in [-0.3, -0.25) is 0 Å². The van der Waals surface area contributed by atoms with Crippen LogP contribution in [0.25, 0.3) is 0 Å². The molecule has 4 aromatic carbocycles. The number of hydrogen-bond acceptors (Lipinski definition) is 3. The number of carbonyl (C=O) groups excluding carboxylic acids is 1. The zero-order valence-corrected chi connectivity index (χ0v) is 21.3. The first kappa shape index (κ1) is 24.7. The molecule has 0 aromatic heterocycles. The molecule has 5 rings (SSSR count). The Hall–Kier alpha value is -4.01. The number of rotatable bonds is 7. The van der Waals surface area contributed by atoms with E-state index in [0.29, 0.717) is 12.2 Å². The Morgan fingerprint density at radius 3 is 1.51 bits per heavy atom. The van der Waals surface area contributed by atoms with Gasteiger partial charge in [0.25, 0.3) is 0 Å². The van der Waals surface area contributed by atoms with Crippen LogP contribution in [0.5, 0.6) is 0 Å². The van der Waals surface area contributed by atoms with E-state index in [2.05, 4.69) is 72.8 Å². The van der Waals surface area contributed by atoms with Crippen LogP contribution < -0.4 is 15.9 Å². The van der Waals surface area contributed by atoms with E-state index in [1.165, 1.54) is 28.0 Å². The standard InChI is InChI=1S/C32H27O4P/c33-31(34)27-20-10-11-21-28(27)32(35)36-29-22-12-13-23-30(29)37(24-14-4-1-5-15-24,25-16-6-2-7-17-25)26-18-8-3-9-19-26/h1-11,14-21H,12-13,22-23H2/p+1. The Morgan fingerprint density at radius 1 is 0.595 bits per heavy atom. The van der Waals surface area contributed by atoms with Crippen LogP contribution in [0.2, 0.25) is 0 Å². The predicted octanol–water partition coefficient (Wildman–Crippen LogP) is 6.32. The second-order valence-electron chi connectivity index (χ2n) is 8.99. The van der Waals surface area contributed by atoms with Crippen LogP contribution in [0.3, 0.4) is 0 Å². The molecule has 0 saturated carbocycles. The highest BCUT2D eigenvalue weighted by Crippen LogP contribution is 2.66. The van der Waals surface area contributed by atoms with Gasteiger partial charge in [-0.15, -0.1) is 0 Å². The van der Waals surface area contributed by atoms with Crippen molar-refractivity contribution in [2.75, 3.05) is 0 Å². The van der Waals surface area contributed by atoms with Crippen LogP contribution in [0.1, 0.15) is 46.4 Å². The Kier molecular flexibility index (Phi) is 7.30. The third-order valence-corrected chi connectivity index (χ3v) is 11.3. The first-order valence-electron chi connectivity index (χ1n) is 12.5. The second kappa shape index (κ2) is 10.9. The molecule has 4 aromatic rings. The Labute approximate surface area is 217 Å². The number of carbonyl (C=O) groups is 2. The van der Waals surface area contributed by atoms with E-state index in [-0.39, 0.29) is 11.1 Å². The van der Waals surface area contributed by atoms with Gasteiger partial charge in [-0.1, -0.05) is 66.7 Å². The minimum Gasteiger partial charge on any atom is -0.478 e. The van der Waals surface area contributed by atoms with Crippen molar-refractivity contribution >= 4 is 35.1 Å². The fourth-order valence-corrected chi connectivity index (χ4v) is 9.92. The lowest BCUT2D eigenvalue weighted by Crippen LogP contribution is -2.34. The maximum Gasteiger partial charge on any atom is 0.344 e. The van der Waals surface area contributed by atoms with E-state index >= 15 is 0 Å². The summed E-state index contributed by atoms with van der Waals surface area (Å²) in [6.07, 6.45) is 3.33. The van der Waals surface area contributed by atoms with Crippen molar-refractivity contribution in [3.05, 3.63) is 137 Å². The van der Waals surface area contributed by atoms with Crippen LogP contribution >= 0.6 is 7.26 Å². The summed E-state index contributed by atoms with van der Waals surface area (Å²) in [5.74, 6) is -1.11. The SMILES string of the molecule is O=C(O)c1ccccc1C(=O)OC1=C([P+](c2ccccc2)(c2ccccc2)c2ccccc2)CCCC1. The van der Waals surface area contributed by atoms with Gasteiger partial charge >= 0.3 is 11.9 Å². The second-order valence-corrected chi connectivity index (χ2v) is 12.4. The molecule has 0 amide bonds. The first-order chi connectivity index (χ1) is 18.1. The molecule has 4 nitrogen and oxygen atoms in total. The minimum atomic E-state index is -2.38. The Morgan fingerprint density at radius 2 is 1.03 bits per heavy atom. The maximum atomic E-state index is 13.4. The van der Waals surface area contributed by atoms with Gasteiger partial charge < -0.3 is 9.84 Å². The molecular weight excluding hydrogens is 479 g/mol. The molecule has 5 heteroatoms. The molecule has 1 aliphatic rings. The first-order valence-corrected chi connectivity index (χ1v) is 14.2. The smallest absolute Gasteiger partial charge is 0.344 e. The summed E-state index contributed by atoms with van der Waals surface area (Å²) in [6.45, 7) is 0. The predicted molar refractivity (Wildman–Crippen MR) is 149 cm³/mol. The lowest BCUT2D eigenvalue weighted by atomic mass is 10.1. The molecule has 0 radical (unpaired) electrons. The van der Waals surface area contributed by atoms with Crippen molar-refractivity contribution < 1.29 is 19.4 Å². The molecule has 0 unspecified atom stereocenters. The van der Waals surface area contributed by atoms with Crippen molar-refractivity contribution in [1.29, 1.82) is 0 Å². The fourth-order valence-electron chi connectivity index (χ4n) is 5.21. The summed E-state index contributed by atoms with van der Waals surface area (Å²) in [6, 6.07) is 37.7. The van der Waals surface area contributed by atoms with Crippen molar-refractivity contribution in [3.8, 4) is 0 Å². The molecule has 1 aliphatic carbocycles. The van der Waals surface area contributed by atoms with Crippen LogP contribution in [-0.2, 0) is 4.74 Å². The van der Waals surface area contributed by atoms with E-state index in [1.807, 2.05) is 18.2 Å². The number of allylic oxidation sites excluding steroid dienone is 2. The average molecular weight is 508 g/mol. The third kappa shape index (κ3) is 4.73. The largest absolute Gasteiger partial charge is 0.478 e. The van der Waals surface area contributed by atoms with Gasteiger partial charge in [-0.2, -0.15) is 0 Å². The number of carboxylic acid groups (broad SMARTS) is 1. The highest BCUT2D eigenvalue weighted by molar-refractivity contribution is 7.99. The van der Waals surface area contributed by atoms with Crippen LogP contribution in [0.4, 0.5) is 0 Å². The van der Waals surface area contributed by atoms with Gasteiger partial charge in [0.15, 0.2) is 0 Å². The number of carboxylic acids is 1. The van der Waals surface area contributed by atoms with Gasteiger partial charge in [0.2, 0.25) is 0 Å². The van der Waals surface area contributed by atoms with Crippen molar-refractivity contribution in [3.63, 3.8) is 0 Å². The Balaban J connectivity index is 1.76. The van der Waals surface area contributed by atoms with Gasteiger partial charge in [0, 0.05) is 12.8 Å². The van der Waals surface area contributed by atoms with Crippen LogP contribution in [-0.4, -0.2) is 17.0 Å². The minimum absolute atomic E-state index is 0.0549. The van der Waals surface area contributed by atoms with Gasteiger partial charge in [0.05, 0.1) is 11.1 Å². The summed E-state index contributed by atoms with van der Waals surface area (Å²) in [7, 11) is -2.38. The zero-order chi connectivity index (χ0) is 25.7. The Bertz CT molecular complexity index is 1330. The fraction of sp³-hybridized carbons (Fsp3) is 0.125. The van der Waals surface area contributed by atoms with Crippen molar-refractivity contribution in [2.24, 2.45) is 0 Å². The molecule has 184 valence electrons. The van der Waals surface area contributed by atoms with E-state index in [0.717, 1.165) is 24.6 Å². The topological polar surface area (TPSA) is 63.6 Å². The normalized spacial score (nSPS) is 13.7. The number of aromatic carboxylic acids is 1. The lowest BCUT2D eigenvalue weighted by molar-refractivity contribution is 0.0587. The number of hydrogen-bond donors (Lipinski definition) is 1. The zero-order valence-electron chi connectivity index (χ0n) is 20.4. The summed E-state index contributed by atoms with van der Waals surface area (Å²) in [5, 5.41) is 14.4. The molecule has 0 saturated heterocycles. The summed E-state index contributed by atoms with van der Waals surface area (Å²) in [5.41, 5.74) is 0.0104. The lowest BCUT2D eigenvalue weighted by Gasteiger charge is -2.32.